The van der Waals surface area contributed by atoms with E-state index in [0.717, 1.165) is 211 Å². The van der Waals surface area contributed by atoms with Gasteiger partial charge in [0.1, 0.15) is 17.8 Å². The molecule has 1 aliphatic carbocycles. The van der Waals surface area contributed by atoms with Gasteiger partial charge in [0.05, 0.1) is 90.8 Å². The number of nitrogens with zero attached hydrogens (tertiary/aromatic N) is 19. The van der Waals surface area contributed by atoms with Crippen molar-refractivity contribution in [2.45, 2.75) is 116 Å². The van der Waals surface area contributed by atoms with Gasteiger partial charge in [0, 0.05) is 210 Å². The van der Waals surface area contributed by atoms with Crippen LogP contribution in [-0.2, 0) is 0 Å². The summed E-state index contributed by atoms with van der Waals surface area (Å²) in [5.74, 6) is 3.11. The summed E-state index contributed by atoms with van der Waals surface area (Å²) < 4.78 is 20.5. The van der Waals surface area contributed by atoms with Gasteiger partial charge in [0.2, 0.25) is 5.95 Å². The van der Waals surface area contributed by atoms with Crippen LogP contribution in [0.1, 0.15) is 105 Å². The zero-order valence-corrected chi connectivity index (χ0v) is 87.4. The van der Waals surface area contributed by atoms with Crippen LogP contribution >= 0.6 is 56.7 Å². The number of methoxy groups -OCH3 is 2. The number of anilines is 12. The van der Waals surface area contributed by atoms with Gasteiger partial charge in [0.15, 0.2) is 25.7 Å². The summed E-state index contributed by atoms with van der Waals surface area (Å²) in [5, 5.41) is 32.0. The highest BCUT2D eigenvalue weighted by atomic mass is 32.1. The van der Waals surface area contributed by atoms with Crippen LogP contribution in [0.5, 0.6) is 11.5 Å². The summed E-state index contributed by atoms with van der Waals surface area (Å²) in [4.78, 5) is 58.6. The molecule has 31 heteroatoms. The van der Waals surface area contributed by atoms with E-state index in [1.54, 1.807) is 107 Å². The molecule has 1 saturated carbocycles. The van der Waals surface area contributed by atoms with Crippen LogP contribution < -0.4 is 45.9 Å². The molecule has 0 spiro atoms. The number of aryl methyl sites for hydroxylation is 12. The maximum Gasteiger partial charge on any atom is 0.234 e. The van der Waals surface area contributed by atoms with E-state index in [1.807, 2.05) is 138 Å². The molecule has 0 unspecified atom stereocenters. The topological polar surface area (TPSA) is 264 Å². The first-order chi connectivity index (χ1) is 69.4. The van der Waals surface area contributed by atoms with Gasteiger partial charge in [-0.25, -0.2) is 59.8 Å². The van der Waals surface area contributed by atoms with Crippen LogP contribution in [0.25, 0.3) is 85.0 Å². The Morgan fingerprint density at radius 1 is 0.357 bits per heavy atom. The molecule has 11 aromatic heterocycles. The van der Waals surface area contributed by atoms with Crippen LogP contribution in [0.2, 0.25) is 0 Å². The van der Waals surface area contributed by atoms with Crippen molar-refractivity contribution in [3.63, 3.8) is 0 Å². The maximum absolute atomic E-state index is 5.31. The fraction of sp³-hybridized carbons (Fsp3) is 0.214. The summed E-state index contributed by atoms with van der Waals surface area (Å²) in [6, 6.07) is 60.9. The second-order valence-electron chi connectivity index (χ2n) is 35.4. The van der Waals surface area contributed by atoms with Gasteiger partial charge in [0.25, 0.3) is 0 Å². The molecule has 0 aliphatic heterocycles. The van der Waals surface area contributed by atoms with Crippen molar-refractivity contribution in [2.24, 2.45) is 5.92 Å². The zero-order valence-electron chi connectivity index (χ0n) is 83.3. The maximum atomic E-state index is 5.31. The van der Waals surface area contributed by atoms with Gasteiger partial charge in [-0.05, 0) is 245 Å². The Balaban J connectivity index is 0.000000144. The number of ether oxygens (including phenoxy) is 2. The third-order valence-electron chi connectivity index (χ3n) is 24.5. The van der Waals surface area contributed by atoms with Crippen LogP contribution in [0.15, 0.2) is 284 Å². The molecule has 1 fully saturated rings. The third-order valence-corrected chi connectivity index (χ3v) is 28.3. The molecule has 0 atom stereocenters. The lowest BCUT2D eigenvalue weighted by Crippen LogP contribution is -2.26. The molecule has 21 rings (SSSR count). The lowest BCUT2D eigenvalue weighted by molar-refractivity contribution is 0.415. The number of imidazole rings is 5. The summed E-state index contributed by atoms with van der Waals surface area (Å²) in [6.07, 6.45) is 28.1. The molecule has 143 heavy (non-hydrogen) atoms. The van der Waals surface area contributed by atoms with Crippen molar-refractivity contribution in [1.82, 2.24) is 82.6 Å². The van der Waals surface area contributed by atoms with Crippen molar-refractivity contribution in [3.8, 4) is 96.5 Å². The molecule has 11 heterocycles. The molecule has 0 radical (unpaired) electrons. The molecule has 732 valence electrons. The van der Waals surface area contributed by atoms with Crippen LogP contribution in [0.4, 0.5) is 65.5 Å². The highest BCUT2D eigenvalue weighted by Gasteiger charge is 2.26. The Kier molecular flexibility index (Phi) is 31.7. The van der Waals surface area contributed by atoms with Crippen LogP contribution in [0, 0.1) is 89.0 Å². The standard InChI is InChI=1S/C27H31N5S.C24H27N5S.C21H20N4OS.C20H20N6S.C20H18N4OS.3H2/c1-5-31(15-21-6-7-21)26-13-24(18(2)12-19(26)3)29-27-30-25(16-33-27)22-8-10-23(11-9-22)32-14-20(4)28-17-32;1-5-12-28(4)21-9-6-17(2)22(13-21)26-24-27-23(15-30-24)19-7-10-20(11-8-19)29-14-18(3)25-16-29;1-14-4-9-18(26-3)10-19(14)23-21-24-20(12-27-21)16-5-7-17(8-6-16)25-11-15(2)22-13-25;1-12-5-14(3)17(6-13(12)2)24-20-25-18(10-27-20)16-7-21-19(22-8-16)26-9-15(4)23-11-26;1-14-3-8-17(25-2)11-18(14)22-20-23-19(12-26-20)15-4-6-16(7-5-15)24-10-9-21-13-24;;;/h8-14,16-17,21H,5-7,15H2,1-4H3,(H,29,30);6-11,13-16H,5,12H2,1-4H3,(H,26,27);4-13H,1-3H3,(H,23,24);5-11H,1-4H3,(H,24,25);3-13H,1-2H3,(H,22,23);3*1H. The second kappa shape index (κ2) is 45.8. The van der Waals surface area contributed by atoms with Gasteiger partial charge < -0.3 is 64.1 Å². The van der Waals surface area contributed by atoms with Crippen molar-refractivity contribution >= 4 is 122 Å². The summed E-state index contributed by atoms with van der Waals surface area (Å²) >= 11 is 8.01. The molecular formula is C112H122N24O2S5. The number of thiazole rings is 5. The average molecular weight is 2000 g/mol. The molecule has 26 nitrogen and oxygen atoms in total. The van der Waals surface area contributed by atoms with Crippen molar-refractivity contribution in [1.29, 1.82) is 0 Å². The number of aromatic nitrogens is 17. The highest BCUT2D eigenvalue weighted by Crippen LogP contribution is 2.40. The smallest absolute Gasteiger partial charge is 0.234 e. The predicted octanol–water partition coefficient (Wildman–Crippen LogP) is 29.0. The van der Waals surface area contributed by atoms with E-state index in [1.165, 1.54) is 57.6 Å². The monoisotopic (exact) mass is 1990 g/mol. The Labute approximate surface area is 859 Å². The van der Waals surface area contributed by atoms with E-state index in [-0.39, 0.29) is 4.28 Å². The first kappa shape index (κ1) is 99.0. The molecule has 1 aliphatic rings. The van der Waals surface area contributed by atoms with E-state index < -0.39 is 0 Å². The number of rotatable bonds is 29. The fourth-order valence-electron chi connectivity index (χ4n) is 15.9. The number of benzene rings is 9. The molecule has 0 bridgehead atoms. The SMILES string of the molecule is CCCN(C)c1ccc(C)c(Nc2nc(-c3ccc(-n4cnc(C)c4)cc3)cs2)c1.CCN(CC1CC1)c1cc(Nc2nc(-c3ccc(-n4cnc(C)c4)cc3)cs2)c(C)cc1C.COc1ccc(C)c(Nc2nc(-c3ccc(-n4ccnc4)cc3)cs2)c1.COc1ccc(C)c(Nc2nc(-c3ccc(-n4cnc(C)c4)cc3)cs2)c1.Cc1cn(-c2ncc(-c3csc(Nc4cc(C)c(C)cc4C)n3)cn2)cn1.[HH].[HH].[HH]. The number of hydrogen-bond acceptors (Lipinski definition) is 26. The minimum absolute atomic E-state index is 0. The molecule has 5 N–H and O–H groups in total. The van der Waals surface area contributed by atoms with Crippen molar-refractivity contribution < 1.29 is 13.8 Å². The minimum atomic E-state index is 0. The van der Waals surface area contributed by atoms with Crippen molar-refractivity contribution in [2.75, 3.05) is 77.3 Å². The largest absolute Gasteiger partial charge is 0.497 e. The fourth-order valence-corrected chi connectivity index (χ4v) is 19.6. The van der Waals surface area contributed by atoms with Gasteiger partial charge in [-0.15, -0.1) is 56.7 Å². The van der Waals surface area contributed by atoms with E-state index in [0.29, 0.717) is 5.95 Å². The van der Waals surface area contributed by atoms with Crippen molar-refractivity contribution in [3.05, 3.63) is 351 Å². The minimum Gasteiger partial charge on any atom is -0.497 e. The van der Waals surface area contributed by atoms with E-state index >= 15 is 0 Å². The third kappa shape index (κ3) is 25.4. The first-order valence-corrected chi connectivity index (χ1v) is 51.7. The summed E-state index contributed by atoms with van der Waals surface area (Å²) in [5.41, 5.74) is 36.0. The van der Waals surface area contributed by atoms with E-state index in [9.17, 15) is 0 Å². The van der Waals surface area contributed by atoms with Crippen LogP contribution in [0.3, 0.4) is 0 Å². The Hall–Kier alpha value is -15.5. The lowest BCUT2D eigenvalue weighted by Gasteiger charge is -2.26. The Bertz CT molecular complexity index is 7650. The molecule has 0 amide bonds. The van der Waals surface area contributed by atoms with Gasteiger partial charge in [-0.2, -0.15) is 0 Å². The normalized spacial score (nSPS) is 11.4. The second-order valence-corrected chi connectivity index (χ2v) is 39.7. The van der Waals surface area contributed by atoms with Crippen LogP contribution in [-0.4, -0.2) is 124 Å². The predicted molar refractivity (Wildman–Crippen MR) is 598 cm³/mol. The lowest BCUT2D eigenvalue weighted by atomic mass is 10.1. The molecular weight excluding hydrogens is 1870 g/mol. The highest BCUT2D eigenvalue weighted by molar-refractivity contribution is 7.15. The number of hydrogen-bond donors (Lipinski definition) is 5. The Morgan fingerprint density at radius 2 is 0.706 bits per heavy atom. The average Bonchev–Trinajstić information content (AvgIpc) is 1.25. The summed E-state index contributed by atoms with van der Waals surface area (Å²) in [6.45, 7) is 32.6. The van der Waals surface area contributed by atoms with E-state index in [4.69, 9.17) is 29.4 Å². The molecule has 9 aromatic carbocycles. The zero-order chi connectivity index (χ0) is 99.7. The Morgan fingerprint density at radius 3 is 1.06 bits per heavy atom. The number of nitrogens with one attached hydrogen (secondary N) is 5. The van der Waals surface area contributed by atoms with Gasteiger partial charge >= 0.3 is 0 Å². The summed E-state index contributed by atoms with van der Waals surface area (Å²) in [7, 11) is 5.47. The first-order valence-electron chi connectivity index (χ1n) is 47.3. The van der Waals surface area contributed by atoms with Gasteiger partial charge in [-0.3, -0.25) is 4.57 Å². The van der Waals surface area contributed by atoms with Gasteiger partial charge in [-0.1, -0.05) is 85.8 Å². The molecule has 20 aromatic rings. The van der Waals surface area contributed by atoms with E-state index in [2.05, 4.69) is 314 Å². The quantitative estimate of drug-likeness (QED) is 0.0292. The molecule has 0 saturated heterocycles.